The van der Waals surface area contributed by atoms with E-state index in [0.717, 1.165) is 13.0 Å². The summed E-state index contributed by atoms with van der Waals surface area (Å²) in [6.07, 6.45) is 3.74. The van der Waals surface area contributed by atoms with Crippen LogP contribution in [0.2, 0.25) is 0 Å². The lowest BCUT2D eigenvalue weighted by atomic mass is 10.2. The van der Waals surface area contributed by atoms with Gasteiger partial charge >= 0.3 is 0 Å². The third-order valence-electron chi connectivity index (χ3n) is 2.58. The first-order valence-electron chi connectivity index (χ1n) is 5.20. The molecule has 0 saturated heterocycles. The molecule has 84 valence electrons. The number of imide groups is 1. The predicted molar refractivity (Wildman–Crippen MR) is 58.1 cm³/mol. The average molecular weight is 219 g/mol. The third kappa shape index (κ3) is 1.69. The monoisotopic (exact) mass is 219 g/mol. The standard InChI is InChI=1S/C11H13N3O2/c1-12-4-2-6-14-10(15)8-3-5-13-7-9(8)11(14)16/h3,5,7,12H,2,4,6H2,1H3. The summed E-state index contributed by atoms with van der Waals surface area (Å²) >= 11 is 0. The van der Waals surface area contributed by atoms with Gasteiger partial charge in [0.25, 0.3) is 11.8 Å². The van der Waals surface area contributed by atoms with E-state index in [1.807, 2.05) is 7.05 Å². The normalized spacial score (nSPS) is 14.4. The van der Waals surface area contributed by atoms with E-state index in [9.17, 15) is 9.59 Å². The maximum atomic E-state index is 11.9. The Morgan fingerprint density at radius 3 is 2.75 bits per heavy atom. The fourth-order valence-corrected chi connectivity index (χ4v) is 1.75. The Labute approximate surface area is 93.5 Å². The molecular formula is C11H13N3O2. The number of hydrogen-bond acceptors (Lipinski definition) is 4. The number of fused-ring (bicyclic) bond motifs is 1. The highest BCUT2D eigenvalue weighted by atomic mass is 16.2. The summed E-state index contributed by atoms with van der Waals surface area (Å²) in [5.74, 6) is -0.442. The van der Waals surface area contributed by atoms with Crippen LogP contribution < -0.4 is 5.32 Å². The predicted octanol–water partition coefficient (Wildman–Crippen LogP) is 0.287. The molecule has 0 unspecified atom stereocenters. The molecule has 0 atom stereocenters. The third-order valence-corrected chi connectivity index (χ3v) is 2.58. The Hall–Kier alpha value is -1.75. The van der Waals surface area contributed by atoms with E-state index in [1.165, 1.54) is 17.3 Å². The van der Waals surface area contributed by atoms with Crippen LogP contribution in [0.5, 0.6) is 0 Å². The Morgan fingerprint density at radius 1 is 1.31 bits per heavy atom. The number of aromatic nitrogens is 1. The molecule has 1 aromatic heterocycles. The summed E-state index contributed by atoms with van der Waals surface area (Å²) in [5.41, 5.74) is 0.876. The largest absolute Gasteiger partial charge is 0.320 e. The molecule has 0 bridgehead atoms. The van der Waals surface area contributed by atoms with Crippen LogP contribution in [0.1, 0.15) is 27.1 Å². The molecule has 5 nitrogen and oxygen atoms in total. The number of nitrogens with one attached hydrogen (secondary N) is 1. The average Bonchev–Trinajstić information content (AvgIpc) is 2.55. The van der Waals surface area contributed by atoms with Crippen molar-refractivity contribution in [3.63, 3.8) is 0 Å². The topological polar surface area (TPSA) is 62.3 Å². The zero-order valence-electron chi connectivity index (χ0n) is 9.06. The number of rotatable bonds is 4. The number of carbonyl (C=O) groups excluding carboxylic acids is 2. The van der Waals surface area contributed by atoms with Gasteiger partial charge in [-0.2, -0.15) is 0 Å². The van der Waals surface area contributed by atoms with Crippen LogP contribution in [0.15, 0.2) is 18.5 Å². The van der Waals surface area contributed by atoms with Crippen molar-refractivity contribution in [2.45, 2.75) is 6.42 Å². The maximum Gasteiger partial charge on any atom is 0.263 e. The molecule has 0 fully saturated rings. The van der Waals surface area contributed by atoms with Crippen LogP contribution in [0, 0.1) is 0 Å². The first kappa shape index (κ1) is 10.8. The Bertz CT molecular complexity index is 396. The molecule has 0 aliphatic carbocycles. The van der Waals surface area contributed by atoms with E-state index in [-0.39, 0.29) is 11.8 Å². The van der Waals surface area contributed by atoms with Gasteiger partial charge in [-0.1, -0.05) is 0 Å². The summed E-state index contributed by atoms with van der Waals surface area (Å²) in [6, 6.07) is 1.59. The molecule has 16 heavy (non-hydrogen) atoms. The van der Waals surface area contributed by atoms with Crippen molar-refractivity contribution in [3.8, 4) is 0 Å². The van der Waals surface area contributed by atoms with Crippen LogP contribution in [0.3, 0.4) is 0 Å². The molecule has 2 amide bonds. The van der Waals surface area contributed by atoms with Gasteiger partial charge < -0.3 is 5.32 Å². The van der Waals surface area contributed by atoms with E-state index in [0.29, 0.717) is 17.7 Å². The van der Waals surface area contributed by atoms with Gasteiger partial charge in [-0.3, -0.25) is 19.5 Å². The van der Waals surface area contributed by atoms with Gasteiger partial charge in [-0.05, 0) is 26.1 Å². The molecule has 1 N–H and O–H groups in total. The van der Waals surface area contributed by atoms with Crippen LogP contribution in [-0.4, -0.2) is 41.8 Å². The summed E-state index contributed by atoms with van der Waals surface area (Å²) in [5, 5.41) is 2.98. The van der Waals surface area contributed by atoms with Crippen molar-refractivity contribution in [1.29, 1.82) is 0 Å². The fourth-order valence-electron chi connectivity index (χ4n) is 1.75. The number of amides is 2. The lowest BCUT2D eigenvalue weighted by molar-refractivity contribution is 0.0653. The van der Waals surface area contributed by atoms with Crippen LogP contribution in [-0.2, 0) is 0 Å². The lowest BCUT2D eigenvalue weighted by Crippen LogP contribution is -2.32. The summed E-state index contributed by atoms with van der Waals surface area (Å²) in [6.45, 7) is 1.23. The van der Waals surface area contributed by atoms with Crippen LogP contribution >= 0.6 is 0 Å². The number of carbonyl (C=O) groups is 2. The van der Waals surface area contributed by atoms with Crippen molar-refractivity contribution in [3.05, 3.63) is 29.6 Å². The van der Waals surface area contributed by atoms with Crippen LogP contribution in [0.25, 0.3) is 0 Å². The highest BCUT2D eigenvalue weighted by Crippen LogP contribution is 2.21. The van der Waals surface area contributed by atoms with Gasteiger partial charge in [0.05, 0.1) is 11.1 Å². The molecule has 2 heterocycles. The van der Waals surface area contributed by atoms with Crippen molar-refractivity contribution in [1.82, 2.24) is 15.2 Å². The number of pyridine rings is 1. The van der Waals surface area contributed by atoms with Crippen molar-refractivity contribution >= 4 is 11.8 Å². The first-order valence-corrected chi connectivity index (χ1v) is 5.20. The van der Waals surface area contributed by atoms with Crippen LogP contribution in [0.4, 0.5) is 0 Å². The molecule has 1 aromatic rings. The Kier molecular flexibility index (Phi) is 2.96. The van der Waals surface area contributed by atoms with Gasteiger partial charge in [0.2, 0.25) is 0 Å². The summed E-state index contributed by atoms with van der Waals surface area (Å²) in [7, 11) is 1.84. The van der Waals surface area contributed by atoms with E-state index in [1.54, 1.807) is 6.07 Å². The zero-order valence-corrected chi connectivity index (χ0v) is 9.06. The van der Waals surface area contributed by atoms with E-state index < -0.39 is 0 Å². The van der Waals surface area contributed by atoms with E-state index in [2.05, 4.69) is 10.3 Å². The highest BCUT2D eigenvalue weighted by Gasteiger charge is 2.34. The summed E-state index contributed by atoms with van der Waals surface area (Å²) < 4.78 is 0. The second-order valence-corrected chi connectivity index (χ2v) is 3.64. The molecule has 0 spiro atoms. The van der Waals surface area contributed by atoms with Crippen molar-refractivity contribution in [2.24, 2.45) is 0 Å². The zero-order chi connectivity index (χ0) is 11.5. The van der Waals surface area contributed by atoms with Crippen molar-refractivity contribution in [2.75, 3.05) is 20.1 Å². The lowest BCUT2D eigenvalue weighted by Gasteiger charge is -2.12. The molecule has 1 aliphatic heterocycles. The highest BCUT2D eigenvalue weighted by molar-refractivity contribution is 6.21. The minimum absolute atomic E-state index is 0.210. The van der Waals surface area contributed by atoms with Crippen molar-refractivity contribution < 1.29 is 9.59 Å². The smallest absolute Gasteiger partial charge is 0.263 e. The molecule has 0 radical (unpaired) electrons. The minimum Gasteiger partial charge on any atom is -0.320 e. The Morgan fingerprint density at radius 2 is 2.06 bits per heavy atom. The molecule has 0 saturated carbocycles. The van der Waals surface area contributed by atoms with Gasteiger partial charge in [0, 0.05) is 18.9 Å². The fraction of sp³-hybridized carbons (Fsp3) is 0.364. The number of nitrogens with zero attached hydrogens (tertiary/aromatic N) is 2. The maximum absolute atomic E-state index is 11.9. The molecule has 0 aromatic carbocycles. The summed E-state index contributed by atoms with van der Waals surface area (Å²) in [4.78, 5) is 28.8. The molecule has 5 heteroatoms. The van der Waals surface area contributed by atoms with E-state index >= 15 is 0 Å². The van der Waals surface area contributed by atoms with Gasteiger partial charge in [-0.15, -0.1) is 0 Å². The molecular weight excluding hydrogens is 206 g/mol. The van der Waals surface area contributed by atoms with Gasteiger partial charge in [-0.25, -0.2) is 0 Å². The Balaban J connectivity index is 2.15. The second-order valence-electron chi connectivity index (χ2n) is 3.64. The van der Waals surface area contributed by atoms with E-state index in [4.69, 9.17) is 0 Å². The van der Waals surface area contributed by atoms with Gasteiger partial charge in [0.1, 0.15) is 0 Å². The first-order chi connectivity index (χ1) is 7.75. The SMILES string of the molecule is CNCCCN1C(=O)c2ccncc2C1=O. The minimum atomic E-state index is -0.232. The molecule has 1 aliphatic rings. The quantitative estimate of drug-likeness (QED) is 0.584. The second kappa shape index (κ2) is 4.40. The number of hydrogen-bond donors (Lipinski definition) is 1. The molecule has 2 rings (SSSR count). The van der Waals surface area contributed by atoms with Gasteiger partial charge in [0.15, 0.2) is 0 Å².